The molecule has 0 aliphatic heterocycles. The number of nitrogens with one attached hydrogen (secondary N) is 2. The van der Waals surface area contributed by atoms with E-state index in [0.29, 0.717) is 10.3 Å². The maximum absolute atomic E-state index is 4.39. The Morgan fingerprint density at radius 2 is 1.12 bits per heavy atom. The molecule has 4 aromatic rings. The van der Waals surface area contributed by atoms with Crippen molar-refractivity contribution in [2.24, 2.45) is 20.5 Å². The normalized spacial score (nSPS) is 11.5. The van der Waals surface area contributed by atoms with Crippen molar-refractivity contribution in [3.05, 3.63) is 59.9 Å². The van der Waals surface area contributed by atoms with Gasteiger partial charge in [0, 0.05) is 36.9 Å². The largest absolute Gasteiger partial charge is 0.385 e. The second-order valence-corrected chi connectivity index (χ2v) is 9.50. The van der Waals surface area contributed by atoms with Crippen molar-refractivity contribution in [2.45, 2.75) is 27.7 Å². The van der Waals surface area contributed by atoms with Crippen LogP contribution >= 0.6 is 22.7 Å². The fourth-order valence-electron chi connectivity index (χ4n) is 3.21. The molecule has 0 spiro atoms. The Labute approximate surface area is 207 Å². The molecule has 2 heterocycles. The molecule has 4 rings (SSSR count). The summed E-state index contributed by atoms with van der Waals surface area (Å²) in [5.41, 5.74) is 5.93. The molecule has 2 aromatic carbocycles. The average Bonchev–Trinajstić information content (AvgIpc) is 3.48. The predicted octanol–water partition coefficient (Wildman–Crippen LogP) is 8.58. The van der Waals surface area contributed by atoms with E-state index in [0.717, 1.165) is 56.7 Å². The second kappa shape index (κ2) is 11.1. The zero-order chi connectivity index (χ0) is 23.9. The Morgan fingerprint density at radius 1 is 0.676 bits per heavy atom. The molecular weight excluding hydrogens is 464 g/mol. The predicted molar refractivity (Wildman–Crippen MR) is 142 cm³/mol. The smallest absolute Gasteiger partial charge is 0.230 e. The summed E-state index contributed by atoms with van der Waals surface area (Å²) < 4.78 is 0. The molecular formula is C24H26N8S2. The maximum Gasteiger partial charge on any atom is 0.230 e. The quantitative estimate of drug-likeness (QED) is 0.229. The Morgan fingerprint density at radius 3 is 1.50 bits per heavy atom. The van der Waals surface area contributed by atoms with Crippen molar-refractivity contribution in [3.8, 4) is 9.75 Å². The highest BCUT2D eigenvalue weighted by atomic mass is 32.1. The van der Waals surface area contributed by atoms with Crippen LogP contribution in [0.4, 0.5) is 33.0 Å². The van der Waals surface area contributed by atoms with Gasteiger partial charge in [0.2, 0.25) is 10.3 Å². The van der Waals surface area contributed by atoms with Crippen LogP contribution < -0.4 is 10.6 Å². The van der Waals surface area contributed by atoms with Gasteiger partial charge >= 0.3 is 0 Å². The van der Waals surface area contributed by atoms with Gasteiger partial charge in [-0.25, -0.2) is 9.97 Å². The Kier molecular flexibility index (Phi) is 7.71. The molecule has 0 unspecified atom stereocenters. The molecule has 0 aliphatic carbocycles. The molecule has 0 saturated carbocycles. The minimum atomic E-state index is 0.595. The number of hydrogen-bond donors (Lipinski definition) is 2. The lowest BCUT2D eigenvalue weighted by Gasteiger charge is -2.05. The molecule has 2 N–H and O–H groups in total. The number of azo groups is 2. The van der Waals surface area contributed by atoms with E-state index in [2.05, 4.69) is 67.0 Å². The van der Waals surface area contributed by atoms with Crippen LogP contribution in [0.25, 0.3) is 9.75 Å². The Hall–Kier alpha value is -3.50. The average molecular weight is 491 g/mol. The van der Waals surface area contributed by atoms with Crippen molar-refractivity contribution in [2.75, 3.05) is 23.7 Å². The van der Waals surface area contributed by atoms with Crippen LogP contribution in [-0.2, 0) is 0 Å². The highest BCUT2D eigenvalue weighted by molar-refractivity contribution is 7.25. The first kappa shape index (κ1) is 23.7. The van der Waals surface area contributed by atoms with E-state index in [1.807, 2.05) is 38.1 Å². The van der Waals surface area contributed by atoms with Crippen LogP contribution in [0.1, 0.15) is 25.0 Å². The SMILES string of the molecule is CCNc1ccc(N=Nc2ncc(-c3cnc(N=Nc4ccc(NCC)cc4C)s3)s2)c(C)c1. The molecule has 0 saturated heterocycles. The summed E-state index contributed by atoms with van der Waals surface area (Å²) in [4.78, 5) is 10.7. The van der Waals surface area contributed by atoms with Gasteiger partial charge in [-0.1, -0.05) is 22.7 Å². The lowest BCUT2D eigenvalue weighted by molar-refractivity contribution is 1.17. The standard InChI is InChI=1S/C24H26N8S2/c1-5-25-17-7-9-19(15(3)11-17)29-31-23-27-13-21(33-23)22-14-28-24(34-22)32-30-20-10-8-18(26-6-2)12-16(20)4/h7-14,25-26H,5-6H2,1-4H3. The van der Waals surface area contributed by atoms with Crippen LogP contribution in [0, 0.1) is 13.8 Å². The van der Waals surface area contributed by atoms with Gasteiger partial charge in [-0.15, -0.1) is 20.5 Å². The number of hydrogen-bond acceptors (Lipinski definition) is 10. The molecule has 0 amide bonds. The highest BCUT2D eigenvalue weighted by Gasteiger charge is 2.09. The van der Waals surface area contributed by atoms with Crippen LogP contribution in [0.15, 0.2) is 69.2 Å². The summed E-state index contributed by atoms with van der Waals surface area (Å²) in [6.45, 7) is 9.95. The van der Waals surface area contributed by atoms with E-state index in [1.54, 1.807) is 12.4 Å². The molecule has 0 aliphatic rings. The van der Waals surface area contributed by atoms with Gasteiger partial charge in [0.1, 0.15) is 0 Å². The molecule has 10 heteroatoms. The van der Waals surface area contributed by atoms with Gasteiger partial charge in [-0.05, 0) is 75.2 Å². The first-order valence-corrected chi connectivity index (χ1v) is 12.6. The third-order valence-electron chi connectivity index (χ3n) is 4.87. The van der Waals surface area contributed by atoms with Gasteiger partial charge < -0.3 is 10.6 Å². The van der Waals surface area contributed by atoms with Crippen LogP contribution in [0.5, 0.6) is 0 Å². The van der Waals surface area contributed by atoms with Gasteiger partial charge in [-0.3, -0.25) is 0 Å². The van der Waals surface area contributed by atoms with Crippen LogP contribution in [0.2, 0.25) is 0 Å². The molecule has 0 atom stereocenters. The van der Waals surface area contributed by atoms with Crippen molar-refractivity contribution in [1.29, 1.82) is 0 Å². The van der Waals surface area contributed by atoms with E-state index < -0.39 is 0 Å². The summed E-state index contributed by atoms with van der Waals surface area (Å²) in [7, 11) is 0. The van der Waals surface area contributed by atoms with Gasteiger partial charge in [0.15, 0.2) is 0 Å². The minimum absolute atomic E-state index is 0.595. The third kappa shape index (κ3) is 5.89. The highest BCUT2D eigenvalue weighted by Crippen LogP contribution is 2.37. The molecule has 0 radical (unpaired) electrons. The number of nitrogens with zero attached hydrogens (tertiary/aromatic N) is 6. The summed E-state index contributed by atoms with van der Waals surface area (Å²) in [6, 6.07) is 12.1. The summed E-state index contributed by atoms with van der Waals surface area (Å²) in [5, 5.41) is 25.2. The number of aryl methyl sites for hydroxylation is 2. The monoisotopic (exact) mass is 490 g/mol. The summed E-state index contributed by atoms with van der Waals surface area (Å²) in [6.07, 6.45) is 3.58. The number of benzene rings is 2. The topological polar surface area (TPSA) is 99.3 Å². The lowest BCUT2D eigenvalue weighted by atomic mass is 10.2. The van der Waals surface area contributed by atoms with Crippen molar-refractivity contribution in [1.82, 2.24) is 9.97 Å². The maximum atomic E-state index is 4.39. The molecule has 0 fully saturated rings. The third-order valence-corrected chi connectivity index (χ3v) is 6.83. The van der Waals surface area contributed by atoms with Gasteiger partial charge in [0.05, 0.1) is 21.1 Å². The van der Waals surface area contributed by atoms with Gasteiger partial charge in [-0.2, -0.15) is 0 Å². The molecule has 34 heavy (non-hydrogen) atoms. The fourth-order valence-corrected chi connectivity index (χ4v) is 4.74. The molecule has 2 aromatic heterocycles. The number of thiazole rings is 2. The van der Waals surface area contributed by atoms with E-state index >= 15 is 0 Å². The zero-order valence-corrected chi connectivity index (χ0v) is 21.2. The molecule has 174 valence electrons. The Balaban J connectivity index is 1.43. The minimum Gasteiger partial charge on any atom is -0.385 e. The second-order valence-electron chi connectivity index (χ2n) is 7.48. The summed E-state index contributed by atoms with van der Waals surface area (Å²) in [5.74, 6) is 0. The van der Waals surface area contributed by atoms with E-state index in [9.17, 15) is 0 Å². The van der Waals surface area contributed by atoms with Crippen molar-refractivity contribution < 1.29 is 0 Å². The van der Waals surface area contributed by atoms with Crippen molar-refractivity contribution in [3.63, 3.8) is 0 Å². The van der Waals surface area contributed by atoms with Crippen LogP contribution in [-0.4, -0.2) is 23.1 Å². The number of aromatic nitrogens is 2. The van der Waals surface area contributed by atoms with E-state index in [1.165, 1.54) is 22.7 Å². The van der Waals surface area contributed by atoms with Gasteiger partial charge in [0.25, 0.3) is 0 Å². The Bertz CT molecular complexity index is 1220. The number of anilines is 2. The van der Waals surface area contributed by atoms with E-state index in [-0.39, 0.29) is 0 Å². The summed E-state index contributed by atoms with van der Waals surface area (Å²) >= 11 is 2.93. The zero-order valence-electron chi connectivity index (χ0n) is 19.5. The lowest BCUT2D eigenvalue weighted by Crippen LogP contribution is -1.95. The first-order chi connectivity index (χ1) is 16.6. The van der Waals surface area contributed by atoms with E-state index in [4.69, 9.17) is 0 Å². The number of rotatable bonds is 9. The molecule has 0 bridgehead atoms. The molecule has 8 nitrogen and oxygen atoms in total. The fraction of sp³-hybridized carbons (Fsp3) is 0.250. The van der Waals surface area contributed by atoms with Crippen molar-refractivity contribution >= 4 is 55.7 Å². The van der Waals surface area contributed by atoms with Crippen LogP contribution in [0.3, 0.4) is 0 Å². The first-order valence-electron chi connectivity index (χ1n) is 11.0.